The van der Waals surface area contributed by atoms with Gasteiger partial charge in [0, 0.05) is 18.9 Å². The van der Waals surface area contributed by atoms with E-state index in [9.17, 15) is 0 Å². The van der Waals surface area contributed by atoms with Gasteiger partial charge < -0.3 is 4.74 Å². The molecule has 1 saturated carbocycles. The van der Waals surface area contributed by atoms with Crippen LogP contribution in [0.2, 0.25) is 0 Å². The zero-order valence-electron chi connectivity index (χ0n) is 10.9. The van der Waals surface area contributed by atoms with Gasteiger partial charge in [-0.25, -0.2) is 0 Å². The Kier molecular flexibility index (Phi) is 7.34. The van der Waals surface area contributed by atoms with Gasteiger partial charge in [0.15, 0.2) is 0 Å². The first-order valence-corrected chi connectivity index (χ1v) is 6.98. The lowest BCUT2D eigenvalue weighted by Crippen LogP contribution is -2.27. The second-order valence-corrected chi connectivity index (χ2v) is 4.72. The van der Waals surface area contributed by atoms with Crippen LogP contribution in [0, 0.1) is 17.8 Å². The zero-order chi connectivity index (χ0) is 11.6. The van der Waals surface area contributed by atoms with Crippen LogP contribution in [0.1, 0.15) is 65.2 Å². The predicted octanol–water partition coefficient (Wildman–Crippen LogP) is 4.17. The van der Waals surface area contributed by atoms with Crippen molar-refractivity contribution in [2.45, 2.75) is 71.3 Å². The SMILES string of the molecule is CCCCC#C[C@H]1CCCC[C@H]1OCCC. The van der Waals surface area contributed by atoms with Gasteiger partial charge in [-0.2, -0.15) is 0 Å². The Balaban J connectivity index is 2.35. The van der Waals surface area contributed by atoms with E-state index in [2.05, 4.69) is 25.7 Å². The van der Waals surface area contributed by atoms with E-state index in [-0.39, 0.29) is 0 Å². The molecule has 1 fully saturated rings. The molecule has 0 radical (unpaired) electrons. The van der Waals surface area contributed by atoms with Crippen molar-refractivity contribution in [2.75, 3.05) is 6.61 Å². The maximum Gasteiger partial charge on any atom is 0.0712 e. The molecule has 0 amide bonds. The molecule has 0 heterocycles. The Hall–Kier alpha value is -0.480. The topological polar surface area (TPSA) is 9.23 Å². The molecule has 0 saturated heterocycles. The first kappa shape index (κ1) is 13.6. The Bertz CT molecular complexity index is 223. The van der Waals surface area contributed by atoms with E-state index in [1.54, 1.807) is 0 Å². The van der Waals surface area contributed by atoms with Crippen LogP contribution in [0.4, 0.5) is 0 Å². The van der Waals surface area contributed by atoms with Crippen LogP contribution >= 0.6 is 0 Å². The summed E-state index contributed by atoms with van der Waals surface area (Å²) >= 11 is 0. The van der Waals surface area contributed by atoms with Crippen LogP contribution in [0.5, 0.6) is 0 Å². The third kappa shape index (κ3) is 5.03. The summed E-state index contributed by atoms with van der Waals surface area (Å²) in [6, 6.07) is 0. The van der Waals surface area contributed by atoms with E-state index in [0.29, 0.717) is 12.0 Å². The molecule has 0 aromatic carbocycles. The molecule has 0 unspecified atom stereocenters. The van der Waals surface area contributed by atoms with E-state index in [1.807, 2.05) is 0 Å². The predicted molar refractivity (Wildman–Crippen MR) is 69.3 cm³/mol. The minimum Gasteiger partial charge on any atom is -0.377 e. The molecule has 1 nitrogen and oxygen atoms in total. The van der Waals surface area contributed by atoms with Crippen LogP contribution in [0.25, 0.3) is 0 Å². The standard InChI is InChI=1S/C15H26O/c1-3-5-6-7-10-14-11-8-9-12-15(14)16-13-4-2/h14-15H,3-6,8-9,11-13H2,1-2H3/t14-,15+/m0/s1. The van der Waals surface area contributed by atoms with E-state index in [0.717, 1.165) is 19.4 Å². The molecule has 0 spiro atoms. The lowest BCUT2D eigenvalue weighted by molar-refractivity contribution is 0.00694. The molecular weight excluding hydrogens is 196 g/mol. The average molecular weight is 222 g/mol. The summed E-state index contributed by atoms with van der Waals surface area (Å²) < 4.78 is 5.90. The molecule has 92 valence electrons. The van der Waals surface area contributed by atoms with Crippen molar-refractivity contribution in [3.05, 3.63) is 0 Å². The minimum absolute atomic E-state index is 0.419. The van der Waals surface area contributed by atoms with Crippen molar-refractivity contribution in [1.29, 1.82) is 0 Å². The number of unbranched alkanes of at least 4 members (excludes halogenated alkanes) is 2. The van der Waals surface area contributed by atoms with Crippen LogP contribution < -0.4 is 0 Å². The quantitative estimate of drug-likeness (QED) is 0.501. The third-order valence-electron chi connectivity index (χ3n) is 3.18. The Labute approximate surface area is 101 Å². The number of hydrogen-bond acceptors (Lipinski definition) is 1. The molecule has 0 aliphatic heterocycles. The summed E-state index contributed by atoms with van der Waals surface area (Å²) in [5.41, 5.74) is 0. The molecule has 1 heteroatoms. The van der Waals surface area contributed by atoms with E-state index in [4.69, 9.17) is 4.74 Å². The van der Waals surface area contributed by atoms with E-state index >= 15 is 0 Å². The second kappa shape index (κ2) is 8.65. The van der Waals surface area contributed by atoms with Gasteiger partial charge in [0.1, 0.15) is 0 Å². The molecule has 0 N–H and O–H groups in total. The summed E-state index contributed by atoms with van der Waals surface area (Å²) in [5.74, 6) is 7.28. The Morgan fingerprint density at radius 3 is 2.69 bits per heavy atom. The highest BCUT2D eigenvalue weighted by Gasteiger charge is 2.23. The van der Waals surface area contributed by atoms with Gasteiger partial charge in [0.2, 0.25) is 0 Å². The van der Waals surface area contributed by atoms with Crippen molar-refractivity contribution in [3.63, 3.8) is 0 Å². The molecule has 0 bridgehead atoms. The summed E-state index contributed by atoms with van der Waals surface area (Å²) in [6.45, 7) is 5.29. The minimum atomic E-state index is 0.419. The molecule has 1 aliphatic rings. The molecule has 0 aromatic heterocycles. The summed E-state index contributed by atoms with van der Waals surface area (Å²) in [7, 11) is 0. The van der Waals surface area contributed by atoms with E-state index in [1.165, 1.54) is 38.5 Å². The lowest BCUT2D eigenvalue weighted by atomic mass is 9.86. The van der Waals surface area contributed by atoms with E-state index < -0.39 is 0 Å². The molecule has 1 rings (SSSR count). The van der Waals surface area contributed by atoms with Gasteiger partial charge in [-0.15, -0.1) is 5.92 Å². The van der Waals surface area contributed by atoms with Crippen molar-refractivity contribution >= 4 is 0 Å². The second-order valence-electron chi connectivity index (χ2n) is 4.72. The fourth-order valence-electron chi connectivity index (χ4n) is 2.20. The highest BCUT2D eigenvalue weighted by atomic mass is 16.5. The smallest absolute Gasteiger partial charge is 0.0712 e. The molecular formula is C15H26O. The molecule has 2 atom stereocenters. The molecule has 16 heavy (non-hydrogen) atoms. The van der Waals surface area contributed by atoms with Gasteiger partial charge >= 0.3 is 0 Å². The lowest BCUT2D eigenvalue weighted by Gasteiger charge is -2.27. The highest BCUT2D eigenvalue weighted by molar-refractivity contribution is 5.07. The maximum absolute atomic E-state index is 5.90. The van der Waals surface area contributed by atoms with Gasteiger partial charge in [0.25, 0.3) is 0 Å². The fourth-order valence-corrected chi connectivity index (χ4v) is 2.20. The number of ether oxygens (including phenoxy) is 1. The monoisotopic (exact) mass is 222 g/mol. The van der Waals surface area contributed by atoms with Crippen molar-refractivity contribution < 1.29 is 4.74 Å². The van der Waals surface area contributed by atoms with Crippen LogP contribution in [-0.4, -0.2) is 12.7 Å². The number of hydrogen-bond donors (Lipinski definition) is 0. The van der Waals surface area contributed by atoms with Crippen molar-refractivity contribution in [3.8, 4) is 11.8 Å². The van der Waals surface area contributed by atoms with Gasteiger partial charge in [-0.1, -0.05) is 39.0 Å². The normalized spacial score (nSPS) is 24.9. The summed E-state index contributed by atoms with van der Waals surface area (Å²) in [4.78, 5) is 0. The van der Waals surface area contributed by atoms with Crippen molar-refractivity contribution in [2.24, 2.45) is 5.92 Å². The zero-order valence-corrected chi connectivity index (χ0v) is 10.9. The first-order chi connectivity index (χ1) is 7.88. The van der Waals surface area contributed by atoms with Crippen LogP contribution in [0.3, 0.4) is 0 Å². The van der Waals surface area contributed by atoms with Gasteiger partial charge in [-0.3, -0.25) is 0 Å². The van der Waals surface area contributed by atoms with Crippen molar-refractivity contribution in [1.82, 2.24) is 0 Å². The maximum atomic E-state index is 5.90. The highest BCUT2D eigenvalue weighted by Crippen LogP contribution is 2.26. The fraction of sp³-hybridized carbons (Fsp3) is 0.867. The number of rotatable bonds is 5. The Morgan fingerprint density at radius 1 is 1.12 bits per heavy atom. The van der Waals surface area contributed by atoms with Crippen LogP contribution in [0.15, 0.2) is 0 Å². The third-order valence-corrected chi connectivity index (χ3v) is 3.18. The Morgan fingerprint density at radius 2 is 1.94 bits per heavy atom. The summed E-state index contributed by atoms with van der Waals surface area (Å²) in [6.07, 6.45) is 10.2. The largest absolute Gasteiger partial charge is 0.377 e. The van der Waals surface area contributed by atoms with Crippen LogP contribution in [-0.2, 0) is 4.74 Å². The summed E-state index contributed by atoms with van der Waals surface area (Å²) in [5, 5.41) is 0. The first-order valence-electron chi connectivity index (χ1n) is 6.98. The molecule has 1 aliphatic carbocycles. The average Bonchev–Trinajstić information content (AvgIpc) is 2.33. The van der Waals surface area contributed by atoms with Gasteiger partial charge in [0.05, 0.1) is 6.10 Å². The van der Waals surface area contributed by atoms with Gasteiger partial charge in [-0.05, 0) is 25.7 Å². The molecule has 0 aromatic rings.